The highest BCUT2D eigenvalue weighted by atomic mass is 19.1. The molecule has 1 aliphatic rings. The molecule has 10 nitrogen and oxygen atoms in total. The molecule has 3 aromatic rings. The van der Waals surface area contributed by atoms with Gasteiger partial charge in [0.2, 0.25) is 5.91 Å². The minimum absolute atomic E-state index is 0.00697. The van der Waals surface area contributed by atoms with Gasteiger partial charge < -0.3 is 14.4 Å². The lowest BCUT2D eigenvalue weighted by Crippen LogP contribution is -2.38. The number of anilines is 1. The van der Waals surface area contributed by atoms with Crippen LogP contribution in [-0.2, 0) is 25.5 Å². The number of carbonyl (C=O) groups excluding carboxylic acids is 5. The Labute approximate surface area is 242 Å². The Bertz CT molecular complexity index is 1470. The maximum absolute atomic E-state index is 13.5. The Hall–Kier alpha value is -4.93. The van der Waals surface area contributed by atoms with E-state index in [0.717, 1.165) is 10.5 Å². The average Bonchev–Trinajstić information content (AvgIpc) is 3.21. The summed E-state index contributed by atoms with van der Waals surface area (Å²) in [6.45, 7) is 3.32. The number of imide groups is 1. The highest BCUT2D eigenvalue weighted by Gasteiger charge is 2.35. The fraction of sp³-hybridized carbons (Fsp3) is 0.290. The molecule has 1 aliphatic heterocycles. The Morgan fingerprint density at radius 1 is 0.905 bits per heavy atom. The summed E-state index contributed by atoms with van der Waals surface area (Å²) < 4.78 is 23.5. The van der Waals surface area contributed by atoms with Crippen molar-refractivity contribution in [2.75, 3.05) is 31.2 Å². The lowest BCUT2D eigenvalue weighted by Gasteiger charge is -2.25. The zero-order valence-corrected chi connectivity index (χ0v) is 23.3. The molecule has 0 fully saturated rings. The van der Waals surface area contributed by atoms with Crippen LogP contribution in [0.3, 0.4) is 0 Å². The minimum Gasteiger partial charge on any atom is -0.466 e. The third kappa shape index (κ3) is 6.85. The summed E-state index contributed by atoms with van der Waals surface area (Å²) in [7, 11) is 0. The van der Waals surface area contributed by atoms with Crippen molar-refractivity contribution < 1.29 is 37.8 Å². The summed E-state index contributed by atoms with van der Waals surface area (Å²) in [5, 5.41) is 0. The fourth-order valence-corrected chi connectivity index (χ4v) is 4.63. The number of hydrogen-bond donors (Lipinski definition) is 0. The maximum atomic E-state index is 13.5. The molecule has 1 aromatic heterocycles. The first-order chi connectivity index (χ1) is 20.2. The number of nitrogens with zero attached hydrogens (tertiary/aromatic N) is 3. The van der Waals surface area contributed by atoms with Crippen LogP contribution in [-0.4, -0.2) is 65.8 Å². The van der Waals surface area contributed by atoms with Crippen LogP contribution in [0.25, 0.3) is 0 Å². The number of halogens is 1. The number of benzene rings is 2. The quantitative estimate of drug-likeness (QED) is 0.181. The SMILES string of the molecule is CCOC(=O)CC(=O)N(CCCN1C(=O)c2ccccc2C1=O)c1cc(Cc2ccc(F)cc2)cnc1C(=O)OCC. The first-order valence-corrected chi connectivity index (χ1v) is 13.5. The number of fused-ring (bicyclic) bond motifs is 1. The van der Waals surface area contributed by atoms with Crippen LogP contribution in [0.15, 0.2) is 60.8 Å². The molecule has 11 heteroatoms. The molecule has 0 N–H and O–H groups in total. The van der Waals surface area contributed by atoms with Crippen LogP contribution in [0.1, 0.15) is 69.0 Å². The van der Waals surface area contributed by atoms with E-state index >= 15 is 0 Å². The van der Waals surface area contributed by atoms with Gasteiger partial charge in [-0.2, -0.15) is 0 Å². The van der Waals surface area contributed by atoms with Gasteiger partial charge in [-0.1, -0.05) is 24.3 Å². The molecule has 2 heterocycles. The number of amides is 3. The number of pyridine rings is 1. The van der Waals surface area contributed by atoms with Crippen molar-refractivity contribution in [2.24, 2.45) is 0 Å². The monoisotopic (exact) mass is 575 g/mol. The first kappa shape index (κ1) is 30.0. The normalized spacial score (nSPS) is 12.2. The second kappa shape index (κ2) is 13.6. The van der Waals surface area contributed by atoms with E-state index in [1.807, 2.05) is 0 Å². The summed E-state index contributed by atoms with van der Waals surface area (Å²) >= 11 is 0. The molecule has 0 radical (unpaired) electrons. The van der Waals surface area contributed by atoms with E-state index < -0.39 is 36.1 Å². The van der Waals surface area contributed by atoms with Crippen LogP contribution in [0.2, 0.25) is 0 Å². The van der Waals surface area contributed by atoms with Crippen molar-refractivity contribution in [3.63, 3.8) is 0 Å². The second-order valence-corrected chi connectivity index (χ2v) is 9.42. The molecule has 0 saturated carbocycles. The van der Waals surface area contributed by atoms with Gasteiger partial charge in [-0.05, 0) is 68.1 Å². The number of rotatable bonds is 12. The van der Waals surface area contributed by atoms with E-state index in [0.29, 0.717) is 23.1 Å². The summed E-state index contributed by atoms with van der Waals surface area (Å²) in [5.41, 5.74) is 1.95. The molecule has 0 spiro atoms. The molecule has 0 aliphatic carbocycles. The molecule has 42 heavy (non-hydrogen) atoms. The van der Waals surface area contributed by atoms with Gasteiger partial charge in [-0.3, -0.25) is 24.1 Å². The molecule has 0 bridgehead atoms. The van der Waals surface area contributed by atoms with E-state index in [-0.39, 0.29) is 49.9 Å². The average molecular weight is 576 g/mol. The van der Waals surface area contributed by atoms with E-state index in [1.54, 1.807) is 56.3 Å². The molecule has 3 amide bonds. The van der Waals surface area contributed by atoms with Crippen LogP contribution < -0.4 is 4.90 Å². The van der Waals surface area contributed by atoms with Gasteiger partial charge in [0.15, 0.2) is 5.69 Å². The Kier molecular flexibility index (Phi) is 9.74. The molecule has 0 unspecified atom stereocenters. The van der Waals surface area contributed by atoms with E-state index in [9.17, 15) is 28.4 Å². The summed E-state index contributed by atoms with van der Waals surface area (Å²) in [6, 6.07) is 14.0. The van der Waals surface area contributed by atoms with E-state index in [4.69, 9.17) is 9.47 Å². The smallest absolute Gasteiger partial charge is 0.359 e. The molecule has 0 atom stereocenters. The predicted molar refractivity (Wildman–Crippen MR) is 149 cm³/mol. The topological polar surface area (TPSA) is 123 Å². The third-order valence-electron chi connectivity index (χ3n) is 6.55. The molecular weight excluding hydrogens is 545 g/mol. The zero-order chi connectivity index (χ0) is 30.2. The summed E-state index contributed by atoms with van der Waals surface area (Å²) in [4.78, 5) is 70.8. The largest absolute Gasteiger partial charge is 0.466 e. The first-order valence-electron chi connectivity index (χ1n) is 13.5. The van der Waals surface area contributed by atoms with Crippen LogP contribution in [0.5, 0.6) is 0 Å². The van der Waals surface area contributed by atoms with Crippen molar-refractivity contribution in [2.45, 2.75) is 33.1 Å². The van der Waals surface area contributed by atoms with Crippen LogP contribution in [0.4, 0.5) is 10.1 Å². The highest BCUT2D eigenvalue weighted by molar-refractivity contribution is 6.21. The molecule has 4 rings (SSSR count). The summed E-state index contributed by atoms with van der Waals surface area (Å²) in [5.74, 6) is -3.44. The Morgan fingerprint density at radius 3 is 2.17 bits per heavy atom. The maximum Gasteiger partial charge on any atom is 0.359 e. The van der Waals surface area contributed by atoms with Gasteiger partial charge in [0.1, 0.15) is 12.2 Å². The highest BCUT2D eigenvalue weighted by Crippen LogP contribution is 2.26. The van der Waals surface area contributed by atoms with Gasteiger partial charge in [0, 0.05) is 19.3 Å². The van der Waals surface area contributed by atoms with Crippen molar-refractivity contribution >= 4 is 35.3 Å². The lowest BCUT2D eigenvalue weighted by molar-refractivity contribution is -0.145. The second-order valence-electron chi connectivity index (χ2n) is 9.42. The minimum atomic E-state index is -0.768. The molecule has 2 aromatic carbocycles. The van der Waals surface area contributed by atoms with E-state index in [1.165, 1.54) is 23.2 Å². The van der Waals surface area contributed by atoms with Gasteiger partial charge in [0.25, 0.3) is 11.8 Å². The van der Waals surface area contributed by atoms with Gasteiger partial charge in [-0.15, -0.1) is 0 Å². The number of aromatic nitrogens is 1. The Morgan fingerprint density at radius 2 is 1.55 bits per heavy atom. The van der Waals surface area contributed by atoms with Crippen LogP contribution in [0, 0.1) is 5.82 Å². The molecular formula is C31H30FN3O7. The van der Waals surface area contributed by atoms with Gasteiger partial charge >= 0.3 is 11.9 Å². The van der Waals surface area contributed by atoms with Crippen LogP contribution >= 0.6 is 0 Å². The van der Waals surface area contributed by atoms with E-state index in [2.05, 4.69) is 4.98 Å². The zero-order valence-electron chi connectivity index (χ0n) is 23.3. The van der Waals surface area contributed by atoms with Crippen molar-refractivity contribution in [3.05, 3.63) is 94.6 Å². The molecule has 218 valence electrons. The number of carbonyl (C=O) groups is 5. The summed E-state index contributed by atoms with van der Waals surface area (Å²) in [6.07, 6.45) is 1.32. The van der Waals surface area contributed by atoms with Crippen molar-refractivity contribution in [1.82, 2.24) is 9.88 Å². The number of ether oxygens (including phenoxy) is 2. The third-order valence-corrected chi connectivity index (χ3v) is 6.55. The van der Waals surface area contributed by atoms with Crippen molar-refractivity contribution in [1.29, 1.82) is 0 Å². The van der Waals surface area contributed by atoms with Gasteiger partial charge in [0.05, 0.1) is 30.0 Å². The van der Waals surface area contributed by atoms with Crippen molar-refractivity contribution in [3.8, 4) is 0 Å². The standard InChI is InChI=1S/C31H30FN3O7/c1-3-41-27(37)18-26(36)34(14-7-15-35-29(38)23-8-5-6-9-24(23)30(35)39)25-17-21(16-20-10-12-22(32)13-11-20)19-33-28(25)31(40)42-4-2/h5-6,8-13,17,19H,3-4,7,14-16,18H2,1-2H3. The fourth-order valence-electron chi connectivity index (χ4n) is 4.63. The van der Waals surface area contributed by atoms with Gasteiger partial charge in [-0.25, -0.2) is 14.2 Å². The number of hydrogen-bond acceptors (Lipinski definition) is 8. The molecule has 0 saturated heterocycles. The number of esters is 2. The Balaban J connectivity index is 1.64. The lowest BCUT2D eigenvalue weighted by atomic mass is 10.0. The predicted octanol–water partition coefficient (Wildman–Crippen LogP) is 3.96.